The van der Waals surface area contributed by atoms with E-state index >= 15 is 0 Å². The fraction of sp³-hybridized carbons (Fsp3) is 0.471. The molecule has 126 valence electrons. The van der Waals surface area contributed by atoms with Crippen LogP contribution in [-0.4, -0.2) is 17.4 Å². The number of nitrogens with one attached hydrogen (secondary N) is 1. The van der Waals surface area contributed by atoms with Gasteiger partial charge in [0.25, 0.3) is 0 Å². The van der Waals surface area contributed by atoms with Crippen molar-refractivity contribution < 1.29 is 13.9 Å². The van der Waals surface area contributed by atoms with Crippen LogP contribution in [0, 0.1) is 5.82 Å². The predicted octanol–water partition coefficient (Wildman–Crippen LogP) is 4.17. The molecule has 0 aromatic heterocycles. The van der Waals surface area contributed by atoms with Crippen LogP contribution in [0.25, 0.3) is 0 Å². The van der Waals surface area contributed by atoms with Gasteiger partial charge in [0.15, 0.2) is 0 Å². The molecule has 0 fully saturated rings. The van der Waals surface area contributed by atoms with Crippen molar-refractivity contribution in [2.75, 3.05) is 11.5 Å². The van der Waals surface area contributed by atoms with E-state index in [0.29, 0.717) is 16.3 Å². The van der Waals surface area contributed by atoms with E-state index < -0.39 is 17.1 Å². The molecule has 1 atom stereocenters. The van der Waals surface area contributed by atoms with Gasteiger partial charge < -0.3 is 10.5 Å². The zero-order valence-corrected chi connectivity index (χ0v) is 14.7. The number of alkyl carbamates (subject to hydrolysis) is 1. The van der Waals surface area contributed by atoms with E-state index in [-0.39, 0.29) is 5.82 Å². The molecule has 4 nitrogen and oxygen atoms in total. The maximum Gasteiger partial charge on any atom is 0.412 e. The van der Waals surface area contributed by atoms with Gasteiger partial charge in [0.2, 0.25) is 0 Å². The van der Waals surface area contributed by atoms with Gasteiger partial charge in [-0.2, -0.15) is 0 Å². The molecule has 1 heterocycles. The Hall–Kier alpha value is -1.69. The van der Waals surface area contributed by atoms with Crippen LogP contribution in [0.5, 0.6) is 0 Å². The molecule has 6 heteroatoms. The highest BCUT2D eigenvalue weighted by Crippen LogP contribution is 2.39. The van der Waals surface area contributed by atoms with E-state index in [9.17, 15) is 9.18 Å². The highest BCUT2D eigenvalue weighted by Gasteiger charge is 2.32. The van der Waals surface area contributed by atoms with Gasteiger partial charge in [-0.3, -0.25) is 5.32 Å². The summed E-state index contributed by atoms with van der Waals surface area (Å²) in [5.74, 6) is 0.480. The molecule has 2 rings (SSSR count). The molecule has 1 aliphatic rings. The lowest BCUT2D eigenvalue weighted by Crippen LogP contribution is -2.34. The second kappa shape index (κ2) is 6.43. The fourth-order valence-electron chi connectivity index (χ4n) is 2.45. The molecule has 0 aliphatic carbocycles. The van der Waals surface area contributed by atoms with Gasteiger partial charge >= 0.3 is 6.09 Å². The third-order valence-corrected chi connectivity index (χ3v) is 4.50. The first-order chi connectivity index (χ1) is 10.6. The summed E-state index contributed by atoms with van der Waals surface area (Å²) in [7, 11) is 0. The Balaban J connectivity index is 2.23. The van der Waals surface area contributed by atoms with Crippen molar-refractivity contribution in [3.63, 3.8) is 0 Å². The summed E-state index contributed by atoms with van der Waals surface area (Å²) >= 11 is 1.52. The third kappa shape index (κ3) is 4.64. The van der Waals surface area contributed by atoms with Gasteiger partial charge in [-0.15, -0.1) is 11.8 Å². The average molecular weight is 338 g/mol. The Morgan fingerprint density at radius 2 is 2.13 bits per heavy atom. The van der Waals surface area contributed by atoms with E-state index in [2.05, 4.69) is 5.32 Å². The highest BCUT2D eigenvalue weighted by molar-refractivity contribution is 8.03. The second-order valence-electron chi connectivity index (χ2n) is 6.89. The van der Waals surface area contributed by atoms with Crippen LogP contribution in [0.1, 0.15) is 39.7 Å². The van der Waals surface area contributed by atoms with Gasteiger partial charge in [0.1, 0.15) is 11.4 Å². The minimum atomic E-state index is -0.562. The highest BCUT2D eigenvalue weighted by atomic mass is 32.2. The number of hydrogen-bond donors (Lipinski definition) is 2. The SMILES string of the molecule is CC(C)(C)OC(=O)NC1=C[C@](C)(c2cc(N)ccc2F)CCS1. The summed E-state index contributed by atoms with van der Waals surface area (Å²) in [5.41, 5.74) is 5.78. The van der Waals surface area contributed by atoms with Crippen molar-refractivity contribution in [1.29, 1.82) is 0 Å². The molecule has 23 heavy (non-hydrogen) atoms. The molecule has 1 amide bonds. The molecule has 0 saturated carbocycles. The van der Waals surface area contributed by atoms with Crippen molar-refractivity contribution in [3.8, 4) is 0 Å². The number of hydrogen-bond acceptors (Lipinski definition) is 4. The number of carbonyl (C=O) groups is 1. The van der Waals surface area contributed by atoms with Crippen molar-refractivity contribution in [3.05, 3.63) is 40.7 Å². The topological polar surface area (TPSA) is 64.3 Å². The maximum absolute atomic E-state index is 14.2. The Labute approximate surface area is 140 Å². The quantitative estimate of drug-likeness (QED) is 0.795. The first-order valence-corrected chi connectivity index (χ1v) is 8.49. The number of rotatable bonds is 2. The molecule has 0 spiro atoms. The van der Waals surface area contributed by atoms with Gasteiger partial charge in [0, 0.05) is 16.9 Å². The molecule has 0 radical (unpaired) electrons. The summed E-state index contributed by atoms with van der Waals surface area (Å²) in [6.45, 7) is 7.37. The maximum atomic E-state index is 14.2. The summed E-state index contributed by atoms with van der Waals surface area (Å²) < 4.78 is 19.5. The van der Waals surface area contributed by atoms with Gasteiger partial charge in [-0.05, 0) is 57.0 Å². The van der Waals surface area contributed by atoms with Crippen molar-refractivity contribution in [2.45, 2.75) is 45.1 Å². The van der Waals surface area contributed by atoms with Gasteiger partial charge in [-0.1, -0.05) is 6.92 Å². The Morgan fingerprint density at radius 3 is 2.78 bits per heavy atom. The third-order valence-electron chi connectivity index (χ3n) is 3.56. The summed E-state index contributed by atoms with van der Waals surface area (Å²) in [6, 6.07) is 4.59. The monoisotopic (exact) mass is 338 g/mol. The number of anilines is 1. The number of nitrogens with two attached hydrogens (primary N) is 1. The van der Waals surface area contributed by atoms with Crippen LogP contribution in [0.2, 0.25) is 0 Å². The lowest BCUT2D eigenvalue weighted by atomic mass is 9.79. The van der Waals surface area contributed by atoms with Crippen LogP contribution in [0.4, 0.5) is 14.9 Å². The first kappa shape index (κ1) is 17.7. The fourth-order valence-corrected chi connectivity index (χ4v) is 3.69. The Bertz CT molecular complexity index is 640. The van der Waals surface area contributed by atoms with E-state index in [1.54, 1.807) is 32.9 Å². The zero-order valence-electron chi connectivity index (χ0n) is 13.9. The van der Waals surface area contributed by atoms with Crippen LogP contribution >= 0.6 is 11.8 Å². The average Bonchev–Trinajstić information content (AvgIpc) is 2.39. The Kier molecular flexibility index (Phi) is 4.94. The first-order valence-electron chi connectivity index (χ1n) is 7.50. The number of ether oxygens (including phenoxy) is 1. The molecular weight excluding hydrogens is 315 g/mol. The van der Waals surface area contributed by atoms with E-state index in [4.69, 9.17) is 10.5 Å². The number of nitrogen functional groups attached to an aromatic ring is 1. The number of benzene rings is 1. The number of thioether (sulfide) groups is 1. The standard InChI is InChI=1S/C17H23FN2O2S/c1-16(2,3)22-15(21)20-14-10-17(4,7-8-23-14)12-9-11(19)5-6-13(12)18/h5-6,9-10H,7-8,19H2,1-4H3,(H,20,21)/t17-/m1/s1. The van der Waals surface area contributed by atoms with E-state index in [1.165, 1.54) is 17.8 Å². The lowest BCUT2D eigenvalue weighted by Gasteiger charge is -2.32. The summed E-state index contributed by atoms with van der Waals surface area (Å²) in [6.07, 6.45) is 2.13. The smallest absolute Gasteiger partial charge is 0.412 e. The van der Waals surface area contributed by atoms with E-state index in [0.717, 1.165) is 12.2 Å². The van der Waals surface area contributed by atoms with Crippen molar-refractivity contribution in [1.82, 2.24) is 5.32 Å². The summed E-state index contributed by atoms with van der Waals surface area (Å²) in [4.78, 5) is 11.9. The van der Waals surface area contributed by atoms with Crippen LogP contribution in [0.3, 0.4) is 0 Å². The minimum absolute atomic E-state index is 0.290. The molecule has 1 aliphatic heterocycles. The lowest BCUT2D eigenvalue weighted by molar-refractivity contribution is 0.0550. The molecule has 0 bridgehead atoms. The van der Waals surface area contributed by atoms with Crippen LogP contribution < -0.4 is 11.1 Å². The minimum Gasteiger partial charge on any atom is -0.444 e. The van der Waals surface area contributed by atoms with Crippen LogP contribution in [-0.2, 0) is 10.2 Å². The van der Waals surface area contributed by atoms with Crippen LogP contribution in [0.15, 0.2) is 29.3 Å². The molecule has 0 unspecified atom stereocenters. The number of amides is 1. The number of allylic oxidation sites excluding steroid dienone is 1. The zero-order chi connectivity index (χ0) is 17.3. The molecule has 1 aromatic carbocycles. The van der Waals surface area contributed by atoms with Crippen molar-refractivity contribution in [2.24, 2.45) is 0 Å². The number of carbonyl (C=O) groups excluding carboxylic acids is 1. The van der Waals surface area contributed by atoms with E-state index in [1.807, 2.05) is 13.0 Å². The molecular formula is C17H23FN2O2S. The molecule has 1 aromatic rings. The molecule has 0 saturated heterocycles. The predicted molar refractivity (Wildman–Crippen MR) is 92.7 cm³/mol. The Morgan fingerprint density at radius 1 is 1.43 bits per heavy atom. The van der Waals surface area contributed by atoms with Gasteiger partial charge in [0.05, 0.1) is 5.03 Å². The molecule has 3 N–H and O–H groups in total. The van der Waals surface area contributed by atoms with Gasteiger partial charge in [-0.25, -0.2) is 9.18 Å². The second-order valence-corrected chi connectivity index (χ2v) is 8.03. The normalized spacial score (nSPS) is 21.5. The largest absolute Gasteiger partial charge is 0.444 e. The number of halogens is 1. The summed E-state index contributed by atoms with van der Waals surface area (Å²) in [5, 5.41) is 3.42. The van der Waals surface area contributed by atoms with Crippen molar-refractivity contribution >= 4 is 23.5 Å².